The van der Waals surface area contributed by atoms with Crippen LogP contribution < -0.4 is 10.1 Å². The Balaban J connectivity index is 1.68. The first-order valence-corrected chi connectivity index (χ1v) is 7.42. The van der Waals surface area contributed by atoms with Crippen molar-refractivity contribution in [3.63, 3.8) is 0 Å². The number of aryl methyl sites for hydroxylation is 1. The summed E-state index contributed by atoms with van der Waals surface area (Å²) in [6.07, 6.45) is 3.95. The number of thiophene rings is 1. The number of amides is 1. The Morgan fingerprint density at radius 3 is 3.00 bits per heavy atom. The summed E-state index contributed by atoms with van der Waals surface area (Å²) in [5.41, 5.74) is 0.635. The van der Waals surface area contributed by atoms with Crippen LogP contribution in [0.15, 0.2) is 23.7 Å². The molecule has 5 nitrogen and oxygen atoms in total. The van der Waals surface area contributed by atoms with Crippen LogP contribution >= 0.6 is 11.3 Å². The number of carbonyl (C=O) groups is 1. The summed E-state index contributed by atoms with van der Waals surface area (Å²) in [6.45, 7) is 0.671. The molecule has 2 aromatic heterocycles. The molecule has 1 saturated carbocycles. The molecule has 1 N–H and O–H groups in total. The van der Waals surface area contributed by atoms with Crippen molar-refractivity contribution in [1.29, 1.82) is 0 Å². The zero-order valence-electron chi connectivity index (χ0n) is 11.5. The van der Waals surface area contributed by atoms with Crippen LogP contribution in [0.25, 0.3) is 0 Å². The maximum atomic E-state index is 12.2. The summed E-state index contributed by atoms with van der Waals surface area (Å²) in [7, 11) is 3.29. The average molecular weight is 291 g/mol. The van der Waals surface area contributed by atoms with E-state index in [1.54, 1.807) is 29.3 Å². The van der Waals surface area contributed by atoms with Crippen molar-refractivity contribution in [2.75, 3.05) is 13.7 Å². The van der Waals surface area contributed by atoms with E-state index in [0.29, 0.717) is 18.0 Å². The minimum Gasteiger partial charge on any atom is -0.479 e. The van der Waals surface area contributed by atoms with Gasteiger partial charge >= 0.3 is 0 Å². The summed E-state index contributed by atoms with van der Waals surface area (Å²) in [4.78, 5) is 13.6. The normalized spacial score (nSPS) is 15.9. The highest BCUT2D eigenvalue weighted by atomic mass is 32.1. The van der Waals surface area contributed by atoms with Gasteiger partial charge in [-0.2, -0.15) is 0 Å². The molecular formula is C14H17N3O2S. The van der Waals surface area contributed by atoms with Gasteiger partial charge in [-0.3, -0.25) is 9.48 Å². The van der Waals surface area contributed by atoms with Crippen LogP contribution in [0.3, 0.4) is 0 Å². The lowest BCUT2D eigenvalue weighted by Crippen LogP contribution is -2.31. The van der Waals surface area contributed by atoms with E-state index in [4.69, 9.17) is 4.74 Å². The van der Waals surface area contributed by atoms with E-state index in [0.717, 1.165) is 12.8 Å². The van der Waals surface area contributed by atoms with Crippen molar-refractivity contribution < 1.29 is 9.53 Å². The van der Waals surface area contributed by atoms with Crippen LogP contribution in [-0.2, 0) is 12.5 Å². The first-order chi connectivity index (χ1) is 9.64. The topological polar surface area (TPSA) is 56.2 Å². The summed E-state index contributed by atoms with van der Waals surface area (Å²) in [6, 6.07) is 4.21. The second-order valence-corrected chi connectivity index (χ2v) is 6.11. The molecule has 2 heterocycles. The molecule has 1 amide bonds. The first kappa shape index (κ1) is 13.2. The third kappa shape index (κ3) is 2.31. The largest absolute Gasteiger partial charge is 0.479 e. The predicted molar refractivity (Wildman–Crippen MR) is 77.3 cm³/mol. The van der Waals surface area contributed by atoms with Gasteiger partial charge in [0.1, 0.15) is 5.56 Å². The number of ether oxygens (including phenoxy) is 1. The molecule has 6 heteroatoms. The van der Waals surface area contributed by atoms with E-state index in [-0.39, 0.29) is 11.3 Å². The number of nitrogens with one attached hydrogen (secondary N) is 1. The highest BCUT2D eigenvalue weighted by Gasteiger charge is 2.45. The van der Waals surface area contributed by atoms with E-state index in [2.05, 4.69) is 27.9 Å². The molecule has 0 aromatic carbocycles. The van der Waals surface area contributed by atoms with Crippen molar-refractivity contribution in [1.82, 2.24) is 15.1 Å². The maximum Gasteiger partial charge on any atom is 0.258 e. The molecule has 0 bridgehead atoms. The van der Waals surface area contributed by atoms with Crippen molar-refractivity contribution in [3.05, 3.63) is 34.2 Å². The van der Waals surface area contributed by atoms with E-state index >= 15 is 0 Å². The minimum absolute atomic E-state index is 0.127. The fourth-order valence-corrected chi connectivity index (χ4v) is 3.35. The molecule has 2 aromatic rings. The van der Waals surface area contributed by atoms with Gasteiger partial charge in [0.25, 0.3) is 5.91 Å². The monoisotopic (exact) mass is 291 g/mol. The predicted octanol–water partition coefficient (Wildman–Crippen LogP) is 1.95. The zero-order chi connectivity index (χ0) is 14.2. The SMILES string of the molecule is COc1nn(C)cc1C(=O)NCC1(c2cccs2)CC1. The van der Waals surface area contributed by atoms with Gasteiger partial charge < -0.3 is 10.1 Å². The van der Waals surface area contributed by atoms with E-state index in [9.17, 15) is 4.79 Å². The number of hydrogen-bond acceptors (Lipinski definition) is 4. The van der Waals surface area contributed by atoms with Crippen LogP contribution in [0.2, 0.25) is 0 Å². The van der Waals surface area contributed by atoms with E-state index in [1.807, 2.05) is 0 Å². The summed E-state index contributed by atoms with van der Waals surface area (Å²) >= 11 is 1.76. The van der Waals surface area contributed by atoms with Gasteiger partial charge in [0.05, 0.1) is 7.11 Å². The molecule has 0 unspecified atom stereocenters. The van der Waals surface area contributed by atoms with Crippen LogP contribution in [0.5, 0.6) is 5.88 Å². The van der Waals surface area contributed by atoms with Crippen LogP contribution in [0.1, 0.15) is 28.1 Å². The number of nitrogens with zero attached hydrogens (tertiary/aromatic N) is 2. The molecule has 0 radical (unpaired) electrons. The molecule has 0 aliphatic heterocycles. The molecular weight excluding hydrogens is 274 g/mol. The Morgan fingerprint density at radius 2 is 2.40 bits per heavy atom. The number of aromatic nitrogens is 2. The standard InChI is InChI=1S/C14H17N3O2S/c1-17-8-10(13(16-17)19-2)12(18)15-9-14(5-6-14)11-4-3-7-20-11/h3-4,7-8H,5-6,9H2,1-2H3,(H,15,18). The Kier molecular flexibility index (Phi) is 3.25. The van der Waals surface area contributed by atoms with Crippen molar-refractivity contribution >= 4 is 17.2 Å². The third-order valence-corrected chi connectivity index (χ3v) is 4.83. The minimum atomic E-state index is -0.127. The van der Waals surface area contributed by atoms with Crippen LogP contribution in [0.4, 0.5) is 0 Å². The second kappa shape index (κ2) is 4.94. The highest BCUT2D eigenvalue weighted by Crippen LogP contribution is 2.49. The number of rotatable bonds is 5. The maximum absolute atomic E-state index is 12.2. The molecule has 106 valence electrons. The van der Waals surface area contributed by atoms with Crippen LogP contribution in [0, 0.1) is 0 Å². The van der Waals surface area contributed by atoms with Crippen molar-refractivity contribution in [2.45, 2.75) is 18.3 Å². The Hall–Kier alpha value is -1.82. The number of hydrogen-bond donors (Lipinski definition) is 1. The van der Waals surface area contributed by atoms with Crippen molar-refractivity contribution in [3.8, 4) is 5.88 Å². The van der Waals surface area contributed by atoms with E-state index in [1.165, 1.54) is 12.0 Å². The van der Waals surface area contributed by atoms with Gasteiger partial charge in [0.15, 0.2) is 0 Å². The molecule has 0 spiro atoms. The lowest BCUT2D eigenvalue weighted by Gasteiger charge is -2.14. The fraction of sp³-hybridized carbons (Fsp3) is 0.429. The second-order valence-electron chi connectivity index (χ2n) is 5.17. The van der Waals surface area contributed by atoms with Gasteiger partial charge in [0, 0.05) is 30.1 Å². The Bertz CT molecular complexity index is 614. The Morgan fingerprint density at radius 1 is 1.60 bits per heavy atom. The first-order valence-electron chi connectivity index (χ1n) is 6.54. The molecule has 1 fully saturated rings. The van der Waals surface area contributed by atoms with Crippen LogP contribution in [-0.4, -0.2) is 29.3 Å². The zero-order valence-corrected chi connectivity index (χ0v) is 12.4. The molecule has 0 saturated heterocycles. The van der Waals surface area contributed by atoms with Gasteiger partial charge in [0.2, 0.25) is 5.88 Å². The Labute approximate surface area is 121 Å². The number of methoxy groups -OCH3 is 1. The molecule has 0 atom stereocenters. The lowest BCUT2D eigenvalue weighted by atomic mass is 10.1. The van der Waals surface area contributed by atoms with Gasteiger partial charge in [-0.15, -0.1) is 16.4 Å². The summed E-state index contributed by atoms with van der Waals surface area (Å²) in [5.74, 6) is 0.240. The average Bonchev–Trinajstić information content (AvgIpc) is 2.89. The molecule has 1 aliphatic rings. The quantitative estimate of drug-likeness (QED) is 0.916. The fourth-order valence-electron chi connectivity index (χ4n) is 2.36. The lowest BCUT2D eigenvalue weighted by molar-refractivity contribution is 0.0946. The molecule has 3 rings (SSSR count). The molecule has 20 heavy (non-hydrogen) atoms. The van der Waals surface area contributed by atoms with Crippen molar-refractivity contribution in [2.24, 2.45) is 7.05 Å². The summed E-state index contributed by atoms with van der Waals surface area (Å²) < 4.78 is 6.70. The number of carbonyl (C=O) groups excluding carboxylic acids is 1. The van der Waals surface area contributed by atoms with E-state index < -0.39 is 0 Å². The highest BCUT2D eigenvalue weighted by molar-refractivity contribution is 7.10. The third-order valence-electron chi connectivity index (χ3n) is 3.72. The summed E-state index contributed by atoms with van der Waals surface area (Å²) in [5, 5.41) is 9.19. The molecule has 1 aliphatic carbocycles. The van der Waals surface area contributed by atoms with Gasteiger partial charge in [-0.25, -0.2) is 0 Å². The van der Waals surface area contributed by atoms with Gasteiger partial charge in [-0.05, 0) is 24.3 Å². The van der Waals surface area contributed by atoms with Gasteiger partial charge in [-0.1, -0.05) is 6.07 Å². The smallest absolute Gasteiger partial charge is 0.258 e.